The van der Waals surface area contributed by atoms with Crippen LogP contribution in [0.5, 0.6) is 0 Å². The van der Waals surface area contributed by atoms with Crippen molar-refractivity contribution in [3.8, 4) is 50.2 Å². The molecule has 2 nitrogen and oxygen atoms in total. The number of rotatable bonds is 8. The van der Waals surface area contributed by atoms with Gasteiger partial charge in [0.25, 0.3) is 0 Å². The molecule has 1 heterocycles. The Morgan fingerprint density at radius 2 is 0.758 bits per heavy atom. The van der Waals surface area contributed by atoms with Crippen molar-refractivity contribution in [3.05, 3.63) is 255 Å². The van der Waals surface area contributed by atoms with E-state index >= 15 is 0 Å². The van der Waals surface area contributed by atoms with Gasteiger partial charge in [-0.2, -0.15) is 0 Å². The molecular weight excluding hydrogens is 797 g/mol. The van der Waals surface area contributed by atoms with Gasteiger partial charge in [-0.3, -0.25) is 0 Å². The lowest BCUT2D eigenvalue weighted by atomic mass is 9.88. The molecule has 0 saturated carbocycles. The Labute approximate surface area is 383 Å². The van der Waals surface area contributed by atoms with Crippen molar-refractivity contribution < 1.29 is 0 Å². The molecule has 0 atom stereocenters. The summed E-state index contributed by atoms with van der Waals surface area (Å²) in [6.07, 6.45) is 0. The van der Waals surface area contributed by atoms with Crippen molar-refractivity contribution in [2.75, 3.05) is 4.90 Å². The van der Waals surface area contributed by atoms with Crippen molar-refractivity contribution in [3.63, 3.8) is 0 Å². The lowest BCUT2D eigenvalue weighted by Crippen LogP contribution is -2.10. The zero-order chi connectivity index (χ0) is 43.6. The summed E-state index contributed by atoms with van der Waals surface area (Å²) in [5, 5.41) is 10.2. The van der Waals surface area contributed by atoms with Gasteiger partial charge in [-0.25, -0.2) is 0 Å². The van der Waals surface area contributed by atoms with Gasteiger partial charge in [0.1, 0.15) is 0 Å². The quantitative estimate of drug-likeness (QED) is 0.138. The Morgan fingerprint density at radius 3 is 1.41 bits per heavy atom. The standard InChI is InChI=1S/C64H42N2/c1-6-16-43(17-7-1)48-31-35-58-60(41-48)66(53-24-14-5-15-25-53)61-42-49-27-26-47-30-34-56(57-36-37-59(64(58)61)63(49)62(47)57)46-28-32-54(33-29-46)65(52-22-12-4-13-23-52)55-39-50(44-18-8-2-9-19-44)38-51(40-55)45-20-10-3-11-21-45/h1-42H. The summed E-state index contributed by atoms with van der Waals surface area (Å²) in [5.41, 5.74) is 16.5. The van der Waals surface area contributed by atoms with Gasteiger partial charge in [-0.15, -0.1) is 0 Å². The number of benzene rings is 12. The van der Waals surface area contributed by atoms with Crippen molar-refractivity contribution in [2.24, 2.45) is 0 Å². The number of hydrogen-bond donors (Lipinski definition) is 0. The van der Waals surface area contributed by atoms with Crippen LogP contribution >= 0.6 is 0 Å². The largest absolute Gasteiger partial charge is 0.310 e. The highest BCUT2D eigenvalue weighted by Gasteiger charge is 2.21. The first kappa shape index (κ1) is 37.8. The van der Waals surface area contributed by atoms with Gasteiger partial charge in [0.05, 0.1) is 11.0 Å². The van der Waals surface area contributed by atoms with E-state index in [-0.39, 0.29) is 0 Å². The minimum Gasteiger partial charge on any atom is -0.310 e. The summed E-state index contributed by atoms with van der Waals surface area (Å²) >= 11 is 0. The van der Waals surface area contributed by atoms with Gasteiger partial charge in [0.15, 0.2) is 0 Å². The monoisotopic (exact) mass is 838 g/mol. The van der Waals surface area contributed by atoms with Crippen LogP contribution in [0.4, 0.5) is 17.1 Å². The highest BCUT2D eigenvalue weighted by Crippen LogP contribution is 2.46. The van der Waals surface area contributed by atoms with Gasteiger partial charge in [0, 0.05) is 33.5 Å². The molecule has 0 aliphatic heterocycles. The summed E-state index contributed by atoms with van der Waals surface area (Å²) in [5.74, 6) is 0. The fourth-order valence-corrected chi connectivity index (χ4v) is 10.4. The van der Waals surface area contributed by atoms with Crippen LogP contribution in [0, 0.1) is 0 Å². The summed E-state index contributed by atoms with van der Waals surface area (Å²) in [6.45, 7) is 0. The van der Waals surface area contributed by atoms with E-state index in [0.717, 1.165) is 22.7 Å². The van der Waals surface area contributed by atoms with Crippen molar-refractivity contribution >= 4 is 71.2 Å². The van der Waals surface area contributed by atoms with Crippen LogP contribution in [0.2, 0.25) is 0 Å². The first-order chi connectivity index (χ1) is 32.7. The molecule has 66 heavy (non-hydrogen) atoms. The maximum Gasteiger partial charge on any atom is 0.0553 e. The van der Waals surface area contributed by atoms with Crippen molar-refractivity contribution in [1.82, 2.24) is 4.57 Å². The van der Waals surface area contributed by atoms with E-state index in [1.54, 1.807) is 0 Å². The molecule has 12 aromatic carbocycles. The summed E-state index contributed by atoms with van der Waals surface area (Å²) in [4.78, 5) is 2.38. The third kappa shape index (κ3) is 6.26. The number of nitrogens with zero attached hydrogens (tertiary/aromatic N) is 2. The SMILES string of the molecule is c1ccc(-c2cc(-c3ccccc3)cc(N(c3ccccc3)c3ccc(-c4ccc5ccc6cc7c(c8ccc4c5c68)c4ccc(-c5ccccc5)cc4n7-c4ccccc4)cc3)c2)cc1. The predicted octanol–water partition coefficient (Wildman–Crippen LogP) is 17.8. The highest BCUT2D eigenvalue weighted by atomic mass is 15.1. The molecule has 0 fully saturated rings. The normalized spacial score (nSPS) is 11.6. The Balaban J connectivity index is 0.969. The molecule has 0 saturated heterocycles. The molecule has 2 heteroatoms. The molecule has 0 bridgehead atoms. The molecule has 0 unspecified atom stereocenters. The minimum atomic E-state index is 1.10. The zero-order valence-electron chi connectivity index (χ0n) is 36.1. The number of para-hydroxylation sites is 2. The van der Waals surface area contributed by atoms with E-state index in [4.69, 9.17) is 0 Å². The van der Waals surface area contributed by atoms with E-state index in [2.05, 4.69) is 264 Å². The number of anilines is 3. The maximum atomic E-state index is 2.46. The number of hydrogen-bond acceptors (Lipinski definition) is 1. The van der Waals surface area contributed by atoms with Crippen LogP contribution in [0.25, 0.3) is 104 Å². The lowest BCUT2D eigenvalue weighted by Gasteiger charge is -2.27. The lowest BCUT2D eigenvalue weighted by molar-refractivity contribution is 1.18. The first-order valence-corrected chi connectivity index (χ1v) is 22.7. The molecule has 1 aromatic heterocycles. The summed E-state index contributed by atoms with van der Waals surface area (Å²) in [6, 6.07) is 93.1. The van der Waals surface area contributed by atoms with E-state index in [9.17, 15) is 0 Å². The average molecular weight is 839 g/mol. The van der Waals surface area contributed by atoms with Gasteiger partial charge >= 0.3 is 0 Å². The molecule has 0 aliphatic carbocycles. The molecule has 0 N–H and O–H groups in total. The summed E-state index contributed by atoms with van der Waals surface area (Å²) < 4.78 is 2.46. The number of aromatic nitrogens is 1. The Morgan fingerprint density at radius 1 is 0.258 bits per heavy atom. The first-order valence-electron chi connectivity index (χ1n) is 22.7. The smallest absolute Gasteiger partial charge is 0.0553 e. The third-order valence-electron chi connectivity index (χ3n) is 13.5. The Bertz CT molecular complexity index is 3820. The predicted molar refractivity (Wildman–Crippen MR) is 281 cm³/mol. The van der Waals surface area contributed by atoms with Crippen LogP contribution in [-0.2, 0) is 0 Å². The van der Waals surface area contributed by atoms with E-state index in [0.29, 0.717) is 0 Å². The molecule has 0 spiro atoms. The van der Waals surface area contributed by atoms with Crippen LogP contribution in [-0.4, -0.2) is 4.57 Å². The second-order valence-corrected chi connectivity index (χ2v) is 17.3. The van der Waals surface area contributed by atoms with Crippen molar-refractivity contribution in [1.29, 1.82) is 0 Å². The molecular formula is C64H42N2. The second-order valence-electron chi connectivity index (χ2n) is 17.3. The maximum absolute atomic E-state index is 2.46. The van der Waals surface area contributed by atoms with Gasteiger partial charge in [0.2, 0.25) is 0 Å². The van der Waals surface area contributed by atoms with E-state index < -0.39 is 0 Å². The highest BCUT2D eigenvalue weighted by molar-refractivity contribution is 6.34. The molecule has 13 rings (SSSR count). The summed E-state index contributed by atoms with van der Waals surface area (Å²) in [7, 11) is 0. The van der Waals surface area contributed by atoms with Crippen LogP contribution in [0.1, 0.15) is 0 Å². The molecule has 0 amide bonds. The number of fused-ring (bicyclic) bond motifs is 4. The topological polar surface area (TPSA) is 8.17 Å². The van der Waals surface area contributed by atoms with Crippen LogP contribution < -0.4 is 4.90 Å². The molecule has 308 valence electrons. The zero-order valence-corrected chi connectivity index (χ0v) is 36.1. The van der Waals surface area contributed by atoms with Crippen LogP contribution in [0.15, 0.2) is 255 Å². The molecule has 0 aliphatic rings. The average Bonchev–Trinajstić information content (AvgIpc) is 3.73. The van der Waals surface area contributed by atoms with Gasteiger partial charge < -0.3 is 9.47 Å². The van der Waals surface area contributed by atoms with E-state index in [1.165, 1.54) is 98.6 Å². The fourth-order valence-electron chi connectivity index (χ4n) is 10.4. The van der Waals surface area contributed by atoms with Gasteiger partial charge in [-0.05, 0) is 144 Å². The molecule has 0 radical (unpaired) electrons. The second kappa shape index (κ2) is 15.5. The molecule has 13 aromatic rings. The Kier molecular flexibility index (Phi) is 8.89. The fraction of sp³-hybridized carbons (Fsp3) is 0. The van der Waals surface area contributed by atoms with Crippen molar-refractivity contribution in [2.45, 2.75) is 0 Å². The van der Waals surface area contributed by atoms with Gasteiger partial charge in [-0.1, -0.05) is 188 Å². The van der Waals surface area contributed by atoms with Crippen LogP contribution in [0.3, 0.4) is 0 Å². The third-order valence-corrected chi connectivity index (χ3v) is 13.5. The van der Waals surface area contributed by atoms with E-state index in [1.807, 2.05) is 0 Å². The Hall–Kier alpha value is -8.72. The minimum absolute atomic E-state index is 1.10.